The lowest BCUT2D eigenvalue weighted by molar-refractivity contribution is -0.137. The van der Waals surface area contributed by atoms with Crippen LogP contribution in [0.1, 0.15) is 21.7 Å². The number of rotatable bonds is 2. The quantitative estimate of drug-likeness (QED) is 0.657. The number of carbonyl (C=O) groups is 1. The van der Waals surface area contributed by atoms with E-state index in [4.69, 9.17) is 16.0 Å². The van der Waals surface area contributed by atoms with Crippen LogP contribution in [-0.4, -0.2) is 51.9 Å². The lowest BCUT2D eigenvalue weighted by Crippen LogP contribution is -2.49. The predicted molar refractivity (Wildman–Crippen MR) is 102 cm³/mol. The van der Waals surface area contributed by atoms with Gasteiger partial charge in [-0.05, 0) is 13.0 Å². The summed E-state index contributed by atoms with van der Waals surface area (Å²) in [5.74, 6) is 0.132. The number of carbonyl (C=O) groups excluding carboxylic acids is 1. The van der Waals surface area contributed by atoms with Gasteiger partial charge >= 0.3 is 6.18 Å². The molecule has 3 aromatic rings. The Morgan fingerprint density at radius 1 is 1.23 bits per heavy atom. The fourth-order valence-electron chi connectivity index (χ4n) is 3.41. The zero-order valence-electron chi connectivity index (χ0n) is 15.6. The van der Waals surface area contributed by atoms with Crippen LogP contribution in [0.15, 0.2) is 27.8 Å². The summed E-state index contributed by atoms with van der Waals surface area (Å²) in [7, 11) is 0. The second-order valence-corrected chi connectivity index (χ2v) is 7.16. The van der Waals surface area contributed by atoms with Crippen LogP contribution in [-0.2, 0) is 6.18 Å². The average Bonchev–Trinajstić information content (AvgIpc) is 3.04. The molecule has 1 aliphatic rings. The molecule has 1 fully saturated rings. The van der Waals surface area contributed by atoms with Crippen molar-refractivity contribution in [3.8, 4) is 0 Å². The molecular weight excluding hydrogens is 427 g/mol. The molecule has 1 aliphatic heterocycles. The van der Waals surface area contributed by atoms with Crippen LogP contribution in [0.25, 0.3) is 11.1 Å². The second kappa shape index (κ2) is 7.31. The Hall–Kier alpha value is -3.08. The van der Waals surface area contributed by atoms with E-state index in [9.17, 15) is 22.8 Å². The van der Waals surface area contributed by atoms with Gasteiger partial charge in [0, 0.05) is 32.4 Å². The summed E-state index contributed by atoms with van der Waals surface area (Å²) in [6.45, 7) is 2.74. The summed E-state index contributed by atoms with van der Waals surface area (Å²) in [5, 5.41) is -0.0197. The summed E-state index contributed by atoms with van der Waals surface area (Å²) in [6, 6.07) is 0.835. The third-order valence-electron chi connectivity index (χ3n) is 4.90. The Morgan fingerprint density at radius 3 is 2.57 bits per heavy atom. The highest BCUT2D eigenvalue weighted by Gasteiger charge is 2.33. The minimum Gasteiger partial charge on any atom is -0.442 e. The minimum absolute atomic E-state index is 0.0824. The molecule has 0 spiro atoms. The number of hydrogen-bond acceptors (Lipinski definition) is 6. The fourth-order valence-corrected chi connectivity index (χ4v) is 3.69. The average molecular weight is 442 g/mol. The number of nitrogens with zero attached hydrogens (tertiary/aromatic N) is 4. The van der Waals surface area contributed by atoms with Gasteiger partial charge in [-0.25, -0.2) is 9.97 Å². The first-order chi connectivity index (χ1) is 14.2. The topological polar surface area (TPSA) is 95.3 Å². The van der Waals surface area contributed by atoms with Gasteiger partial charge in [0.25, 0.3) is 11.5 Å². The fraction of sp³-hybridized carbons (Fsp3) is 0.333. The Bertz CT molecular complexity index is 1180. The highest BCUT2D eigenvalue weighted by atomic mass is 35.5. The number of H-pyrrole nitrogens is 1. The second-order valence-electron chi connectivity index (χ2n) is 6.75. The van der Waals surface area contributed by atoms with Crippen molar-refractivity contribution >= 4 is 34.4 Å². The van der Waals surface area contributed by atoms with Gasteiger partial charge in [0.1, 0.15) is 17.0 Å². The number of nitrogens with one attached hydrogen (secondary N) is 1. The van der Waals surface area contributed by atoms with Crippen molar-refractivity contribution in [2.24, 2.45) is 0 Å². The van der Waals surface area contributed by atoms with Gasteiger partial charge < -0.3 is 19.2 Å². The zero-order valence-corrected chi connectivity index (χ0v) is 16.3. The summed E-state index contributed by atoms with van der Waals surface area (Å²) in [5.41, 5.74) is -1.16. The van der Waals surface area contributed by atoms with Crippen molar-refractivity contribution in [3.05, 3.63) is 50.9 Å². The highest BCUT2D eigenvalue weighted by molar-refractivity contribution is 6.33. The molecule has 0 aromatic carbocycles. The maximum atomic E-state index is 13.0. The number of aryl methyl sites for hydroxylation is 1. The first-order valence-electron chi connectivity index (χ1n) is 8.90. The predicted octanol–water partition coefficient (Wildman–Crippen LogP) is 2.85. The molecule has 3 aromatic heterocycles. The summed E-state index contributed by atoms with van der Waals surface area (Å²) >= 11 is 6.01. The molecule has 0 aliphatic carbocycles. The van der Waals surface area contributed by atoms with Crippen LogP contribution >= 0.6 is 11.6 Å². The van der Waals surface area contributed by atoms with Crippen LogP contribution < -0.4 is 10.5 Å². The van der Waals surface area contributed by atoms with Crippen LogP contribution in [0.2, 0.25) is 5.02 Å². The zero-order chi connectivity index (χ0) is 21.6. The van der Waals surface area contributed by atoms with Crippen molar-refractivity contribution < 1.29 is 22.4 Å². The Balaban J connectivity index is 1.53. The van der Waals surface area contributed by atoms with E-state index in [0.717, 1.165) is 12.3 Å². The number of furan rings is 1. The molecule has 30 heavy (non-hydrogen) atoms. The minimum atomic E-state index is -4.53. The lowest BCUT2D eigenvalue weighted by Gasteiger charge is -2.35. The van der Waals surface area contributed by atoms with E-state index in [1.54, 1.807) is 11.8 Å². The largest absolute Gasteiger partial charge is 0.442 e. The Morgan fingerprint density at radius 2 is 1.93 bits per heavy atom. The van der Waals surface area contributed by atoms with Crippen LogP contribution in [0.4, 0.5) is 19.0 Å². The van der Waals surface area contributed by atoms with Crippen LogP contribution in [0.3, 0.4) is 0 Å². The molecule has 158 valence electrons. The smallest absolute Gasteiger partial charge is 0.417 e. The van der Waals surface area contributed by atoms with E-state index in [2.05, 4.69) is 15.0 Å². The van der Waals surface area contributed by atoms with Gasteiger partial charge in [0.15, 0.2) is 0 Å². The van der Waals surface area contributed by atoms with Gasteiger partial charge in [-0.1, -0.05) is 11.6 Å². The normalized spacial score (nSPS) is 15.1. The van der Waals surface area contributed by atoms with Crippen molar-refractivity contribution in [1.82, 2.24) is 19.9 Å². The SMILES string of the molecule is Cc1oc2nc[nH]c(=O)c2c1C(=O)N1CCN(c2ncc(C(F)(F)F)cc2Cl)CC1. The molecule has 1 N–H and O–H groups in total. The maximum absolute atomic E-state index is 13.0. The number of amides is 1. The molecule has 4 heterocycles. The number of pyridine rings is 1. The number of fused-ring (bicyclic) bond motifs is 1. The lowest BCUT2D eigenvalue weighted by atomic mass is 10.1. The number of alkyl halides is 3. The summed E-state index contributed by atoms with van der Waals surface area (Å²) in [4.78, 5) is 38.6. The standard InChI is InChI=1S/C18H15ClF3N5O3/c1-9-12(13-15(28)24-8-25-16(13)30-9)17(29)27-4-2-26(3-5-27)14-11(19)6-10(7-23-14)18(20,21)22/h6-8H,2-5H2,1H3,(H,24,25,28). The van der Waals surface area contributed by atoms with Crippen molar-refractivity contribution in [1.29, 1.82) is 0 Å². The van der Waals surface area contributed by atoms with E-state index in [1.807, 2.05) is 0 Å². The first kappa shape index (κ1) is 20.2. The molecule has 12 heteroatoms. The number of hydrogen-bond donors (Lipinski definition) is 1. The van der Waals surface area contributed by atoms with Gasteiger partial charge in [-0.3, -0.25) is 9.59 Å². The molecule has 0 atom stereocenters. The third-order valence-corrected chi connectivity index (χ3v) is 5.18. The summed E-state index contributed by atoms with van der Waals surface area (Å²) in [6.07, 6.45) is -2.60. The molecule has 0 saturated carbocycles. The molecular formula is C18H15ClF3N5O3. The van der Waals surface area contributed by atoms with E-state index in [-0.39, 0.29) is 52.3 Å². The van der Waals surface area contributed by atoms with Crippen LogP contribution in [0, 0.1) is 6.92 Å². The number of aromatic amines is 1. The van der Waals surface area contributed by atoms with Gasteiger partial charge in [0.05, 0.1) is 22.5 Å². The van der Waals surface area contributed by atoms with Gasteiger partial charge in [-0.15, -0.1) is 0 Å². The number of halogens is 4. The van der Waals surface area contributed by atoms with E-state index >= 15 is 0 Å². The Kier molecular flexibility index (Phi) is 4.92. The molecule has 1 amide bonds. The highest BCUT2D eigenvalue weighted by Crippen LogP contribution is 2.34. The summed E-state index contributed by atoms with van der Waals surface area (Å²) < 4.78 is 43.8. The van der Waals surface area contributed by atoms with E-state index in [1.165, 1.54) is 11.2 Å². The van der Waals surface area contributed by atoms with Crippen LogP contribution in [0.5, 0.6) is 0 Å². The van der Waals surface area contributed by atoms with E-state index < -0.39 is 17.3 Å². The van der Waals surface area contributed by atoms with Crippen molar-refractivity contribution in [2.45, 2.75) is 13.1 Å². The Labute approximate surface area is 172 Å². The van der Waals surface area contributed by atoms with E-state index in [0.29, 0.717) is 13.1 Å². The molecule has 0 unspecified atom stereocenters. The molecule has 0 radical (unpaired) electrons. The molecule has 1 saturated heterocycles. The number of aromatic nitrogens is 3. The van der Waals surface area contributed by atoms with Crippen molar-refractivity contribution in [2.75, 3.05) is 31.1 Å². The number of piperazine rings is 1. The molecule has 8 nitrogen and oxygen atoms in total. The monoisotopic (exact) mass is 441 g/mol. The molecule has 4 rings (SSSR count). The third kappa shape index (κ3) is 3.49. The van der Waals surface area contributed by atoms with Crippen molar-refractivity contribution in [3.63, 3.8) is 0 Å². The van der Waals surface area contributed by atoms with Gasteiger partial charge in [-0.2, -0.15) is 13.2 Å². The maximum Gasteiger partial charge on any atom is 0.417 e. The number of anilines is 1. The molecule has 0 bridgehead atoms. The first-order valence-corrected chi connectivity index (χ1v) is 9.28. The van der Waals surface area contributed by atoms with Gasteiger partial charge in [0.2, 0.25) is 5.71 Å².